The number of carbonyl (C=O) groups is 1. The summed E-state index contributed by atoms with van der Waals surface area (Å²) in [6, 6.07) is 24.8. The van der Waals surface area contributed by atoms with Gasteiger partial charge in [0.25, 0.3) is 0 Å². The average molecular weight is 600 g/mol. The van der Waals surface area contributed by atoms with Crippen LogP contribution >= 0.6 is 11.8 Å². The Morgan fingerprint density at radius 1 is 0.952 bits per heavy atom. The number of fused-ring (bicyclic) bond motifs is 1. The number of likely N-dealkylation sites (N-methyl/N-ethyl adjacent to an activating group) is 1. The smallest absolute Gasteiger partial charge is 0.243 e. The second kappa shape index (κ2) is 11.2. The van der Waals surface area contributed by atoms with Crippen LogP contribution in [0.5, 0.6) is 0 Å². The molecule has 2 aliphatic rings. The predicted molar refractivity (Wildman–Crippen MR) is 166 cm³/mol. The van der Waals surface area contributed by atoms with Crippen LogP contribution in [0.1, 0.15) is 32.3 Å². The van der Waals surface area contributed by atoms with Crippen molar-refractivity contribution in [3.8, 4) is 17.1 Å². The maximum atomic E-state index is 13.3. The maximum absolute atomic E-state index is 13.3. The molecule has 1 aromatic heterocycles. The molecule has 6 rings (SSSR count). The molecule has 0 radical (unpaired) electrons. The van der Waals surface area contributed by atoms with Gasteiger partial charge in [-0.25, -0.2) is 8.42 Å². The van der Waals surface area contributed by atoms with E-state index in [-0.39, 0.29) is 21.8 Å². The van der Waals surface area contributed by atoms with Gasteiger partial charge in [0.05, 0.1) is 10.6 Å². The van der Waals surface area contributed by atoms with E-state index in [1.807, 2.05) is 60.1 Å². The number of anilines is 1. The molecule has 0 N–H and O–H groups in total. The zero-order valence-corrected chi connectivity index (χ0v) is 25.5. The van der Waals surface area contributed by atoms with Crippen LogP contribution in [0.25, 0.3) is 17.1 Å². The van der Waals surface area contributed by atoms with Gasteiger partial charge in [0.15, 0.2) is 16.8 Å². The number of allylic oxidation sites excluding steroid dienone is 2. The summed E-state index contributed by atoms with van der Waals surface area (Å²) in [7, 11) is -1.60. The molecule has 42 heavy (non-hydrogen) atoms. The number of hydrogen-bond donors (Lipinski definition) is 0. The molecule has 0 aliphatic carbocycles. The number of carbonyl (C=O) groups excluding carboxylic acids is 1. The summed E-state index contributed by atoms with van der Waals surface area (Å²) in [4.78, 5) is 15.6. The molecule has 0 saturated carbocycles. The van der Waals surface area contributed by atoms with E-state index in [1.54, 1.807) is 24.3 Å². The van der Waals surface area contributed by atoms with Crippen molar-refractivity contribution < 1.29 is 13.2 Å². The SMILES string of the molecule is CN1/C(=C\C(=O)CSc2nnc(-c3cccc(S(=O)(=O)N4CCCC4)c3)n2-c2ccccc2)C(C)(C)c2ccccc21. The summed E-state index contributed by atoms with van der Waals surface area (Å²) >= 11 is 1.31. The Kier molecular flexibility index (Phi) is 7.55. The maximum Gasteiger partial charge on any atom is 0.243 e. The molecule has 3 aromatic carbocycles. The largest absolute Gasteiger partial charge is 0.347 e. The standard InChI is InChI=1S/C32H33N5O3S2/c1-32(2)27-16-7-8-17-28(27)35(3)29(32)21-25(38)22-41-31-34-33-30(37(31)24-13-5-4-6-14-24)23-12-11-15-26(20-23)42(39,40)36-18-9-10-19-36/h4-8,11-17,20-21H,9-10,18-19,22H2,1-3H3/b29-21-. The Hall–Kier alpha value is -3.73. The van der Waals surface area contributed by atoms with E-state index in [1.165, 1.54) is 21.6 Å². The second-order valence-electron chi connectivity index (χ2n) is 11.1. The van der Waals surface area contributed by atoms with Crippen LogP contribution in [-0.2, 0) is 20.2 Å². The van der Waals surface area contributed by atoms with Crippen LogP contribution in [0.2, 0.25) is 0 Å². The molecular formula is C32H33N5O3S2. The Morgan fingerprint density at radius 2 is 1.67 bits per heavy atom. The van der Waals surface area contributed by atoms with Gasteiger partial charge in [-0.2, -0.15) is 4.31 Å². The zero-order valence-electron chi connectivity index (χ0n) is 23.9. The number of thioether (sulfide) groups is 1. The number of hydrogen-bond acceptors (Lipinski definition) is 7. The summed E-state index contributed by atoms with van der Waals surface area (Å²) in [5, 5.41) is 9.48. The van der Waals surface area contributed by atoms with Gasteiger partial charge in [0, 0.05) is 54.3 Å². The lowest BCUT2D eigenvalue weighted by molar-refractivity contribution is -0.112. The monoisotopic (exact) mass is 599 g/mol. The van der Waals surface area contributed by atoms with Crippen molar-refractivity contribution in [3.63, 3.8) is 0 Å². The van der Waals surface area contributed by atoms with Crippen LogP contribution in [0.3, 0.4) is 0 Å². The first-order chi connectivity index (χ1) is 20.2. The Balaban J connectivity index is 1.30. The summed E-state index contributed by atoms with van der Waals surface area (Å²) in [6.45, 7) is 5.35. The van der Waals surface area contributed by atoms with Crippen molar-refractivity contribution in [1.29, 1.82) is 0 Å². The Bertz CT molecular complexity index is 1770. The van der Waals surface area contributed by atoms with Gasteiger partial charge >= 0.3 is 0 Å². The predicted octanol–water partition coefficient (Wildman–Crippen LogP) is 5.69. The van der Waals surface area contributed by atoms with E-state index < -0.39 is 10.0 Å². The van der Waals surface area contributed by atoms with E-state index in [4.69, 9.17) is 0 Å². The summed E-state index contributed by atoms with van der Waals surface area (Å²) in [5.41, 5.74) is 4.43. The van der Waals surface area contributed by atoms with Crippen molar-refractivity contribution in [2.45, 2.75) is 42.2 Å². The van der Waals surface area contributed by atoms with Crippen LogP contribution in [0.15, 0.2) is 101 Å². The van der Waals surface area contributed by atoms with E-state index in [0.717, 1.165) is 29.9 Å². The topological polar surface area (TPSA) is 88.4 Å². The molecule has 3 heterocycles. The van der Waals surface area contributed by atoms with Crippen LogP contribution < -0.4 is 4.90 Å². The quantitative estimate of drug-likeness (QED) is 0.190. The molecule has 8 nitrogen and oxygen atoms in total. The van der Waals surface area contributed by atoms with Gasteiger partial charge in [-0.15, -0.1) is 10.2 Å². The number of nitrogens with zero attached hydrogens (tertiary/aromatic N) is 5. The van der Waals surface area contributed by atoms with Gasteiger partial charge in [-0.1, -0.05) is 74.1 Å². The van der Waals surface area contributed by atoms with Crippen LogP contribution in [0, 0.1) is 0 Å². The van der Waals surface area contributed by atoms with E-state index in [9.17, 15) is 13.2 Å². The number of aromatic nitrogens is 3. The molecule has 216 valence electrons. The molecule has 0 unspecified atom stereocenters. The van der Waals surface area contributed by atoms with Crippen molar-refractivity contribution in [1.82, 2.24) is 19.1 Å². The van der Waals surface area contributed by atoms with Gasteiger partial charge < -0.3 is 4.90 Å². The third kappa shape index (κ3) is 5.08. The lowest BCUT2D eigenvalue weighted by atomic mass is 9.83. The lowest BCUT2D eigenvalue weighted by Crippen LogP contribution is -2.27. The lowest BCUT2D eigenvalue weighted by Gasteiger charge is -2.23. The van der Waals surface area contributed by atoms with Gasteiger partial charge in [-0.05, 0) is 48.7 Å². The molecule has 2 aliphatic heterocycles. The molecule has 0 bridgehead atoms. The third-order valence-electron chi connectivity index (χ3n) is 8.02. The fraction of sp³-hybridized carbons (Fsp3) is 0.281. The fourth-order valence-corrected chi connectivity index (χ4v) is 8.16. The average Bonchev–Trinajstić information content (AvgIpc) is 3.73. The molecule has 1 saturated heterocycles. The normalized spacial score (nSPS) is 17.6. The van der Waals surface area contributed by atoms with Crippen LogP contribution in [-0.4, -0.2) is 59.2 Å². The van der Waals surface area contributed by atoms with E-state index in [0.29, 0.717) is 29.6 Å². The number of para-hydroxylation sites is 2. The highest BCUT2D eigenvalue weighted by molar-refractivity contribution is 7.99. The number of ketones is 1. The first kappa shape index (κ1) is 28.4. The highest BCUT2D eigenvalue weighted by Crippen LogP contribution is 2.46. The highest BCUT2D eigenvalue weighted by Gasteiger charge is 2.38. The zero-order chi connectivity index (χ0) is 29.5. The molecular weight excluding hydrogens is 567 g/mol. The minimum absolute atomic E-state index is 0.0226. The number of benzene rings is 3. The van der Waals surface area contributed by atoms with Gasteiger partial charge in [0.2, 0.25) is 10.0 Å². The molecule has 4 aromatic rings. The van der Waals surface area contributed by atoms with E-state index >= 15 is 0 Å². The van der Waals surface area contributed by atoms with Crippen LogP contribution in [0.4, 0.5) is 5.69 Å². The minimum atomic E-state index is -3.59. The molecule has 1 fully saturated rings. The third-order valence-corrected chi connectivity index (χ3v) is 10.9. The molecule has 0 amide bonds. The van der Waals surface area contributed by atoms with Crippen molar-refractivity contribution >= 4 is 33.3 Å². The van der Waals surface area contributed by atoms with Crippen molar-refractivity contribution in [3.05, 3.63) is 96.2 Å². The molecule has 0 atom stereocenters. The first-order valence-electron chi connectivity index (χ1n) is 14.0. The Labute approximate surface area is 251 Å². The Morgan fingerprint density at radius 3 is 2.40 bits per heavy atom. The van der Waals surface area contributed by atoms with Gasteiger partial charge in [0.1, 0.15) is 0 Å². The summed E-state index contributed by atoms with van der Waals surface area (Å²) in [5.74, 6) is 0.670. The highest BCUT2D eigenvalue weighted by atomic mass is 32.2. The molecule has 10 heteroatoms. The van der Waals surface area contributed by atoms with Crippen molar-refractivity contribution in [2.24, 2.45) is 0 Å². The number of rotatable bonds is 8. The summed E-state index contributed by atoms with van der Waals surface area (Å²) < 4.78 is 30.0. The second-order valence-corrected chi connectivity index (χ2v) is 14.0. The summed E-state index contributed by atoms with van der Waals surface area (Å²) in [6.07, 6.45) is 3.49. The first-order valence-corrected chi connectivity index (χ1v) is 16.4. The van der Waals surface area contributed by atoms with Gasteiger partial charge in [-0.3, -0.25) is 9.36 Å². The van der Waals surface area contributed by atoms with Crippen molar-refractivity contribution in [2.75, 3.05) is 30.8 Å². The fourth-order valence-electron chi connectivity index (χ4n) is 5.82. The minimum Gasteiger partial charge on any atom is -0.347 e. The molecule has 0 spiro atoms. The van der Waals surface area contributed by atoms with E-state index in [2.05, 4.69) is 41.1 Å². The number of sulfonamides is 1.